The third-order valence-corrected chi connectivity index (χ3v) is 10.3. The van der Waals surface area contributed by atoms with Gasteiger partial charge in [0.2, 0.25) is 0 Å². The van der Waals surface area contributed by atoms with Gasteiger partial charge in [-0.15, -0.1) is 68.1 Å². The second kappa shape index (κ2) is 10.8. The molecule has 154 valence electrons. The molecule has 0 nitrogen and oxygen atoms in total. The van der Waals surface area contributed by atoms with E-state index in [1.807, 2.05) is 10.7 Å². The first kappa shape index (κ1) is 24.3. The molecule has 0 aliphatic carbocycles. The van der Waals surface area contributed by atoms with Crippen LogP contribution in [-0.4, -0.2) is 3.76 Å². The molecule has 29 heavy (non-hydrogen) atoms. The Hall–Kier alpha value is -1.02. The molecular weight excluding hydrogens is 562 g/mol. The molecule has 4 aromatic carbocycles. The van der Waals surface area contributed by atoms with Crippen LogP contribution in [0.2, 0.25) is 0 Å². The molecular formula is C26H30Cl2Hf-2. The molecule has 0 fully saturated rings. The van der Waals surface area contributed by atoms with Crippen LogP contribution in [0, 0.1) is 41.5 Å². The zero-order valence-corrected chi connectivity index (χ0v) is 23.6. The van der Waals surface area contributed by atoms with Gasteiger partial charge < -0.3 is 0 Å². The Labute approximate surface area is 190 Å². The summed E-state index contributed by atoms with van der Waals surface area (Å²) in [7, 11) is 10.8. The molecule has 0 bridgehead atoms. The van der Waals surface area contributed by atoms with E-state index in [0.29, 0.717) is 0 Å². The van der Waals surface area contributed by atoms with Gasteiger partial charge in [0.1, 0.15) is 0 Å². The number of rotatable bonds is 0. The Balaban J connectivity index is 0.000000170. The van der Waals surface area contributed by atoms with Crippen LogP contribution in [0.4, 0.5) is 0 Å². The van der Waals surface area contributed by atoms with Crippen LogP contribution in [-0.2, 0) is 18.6 Å². The van der Waals surface area contributed by atoms with Crippen molar-refractivity contribution in [2.45, 2.75) is 48.5 Å². The molecule has 0 amide bonds. The van der Waals surface area contributed by atoms with Crippen molar-refractivity contribution in [2.75, 3.05) is 0 Å². The molecule has 0 aliphatic heterocycles. The number of fused-ring (bicyclic) bond motifs is 2. The van der Waals surface area contributed by atoms with Crippen LogP contribution < -0.4 is 0 Å². The number of benzene rings is 2. The fraction of sp³-hybridized carbons (Fsp3) is 0.269. The topological polar surface area (TPSA) is 0 Å². The van der Waals surface area contributed by atoms with Gasteiger partial charge in [0.25, 0.3) is 0 Å². The molecule has 0 saturated carbocycles. The summed E-state index contributed by atoms with van der Waals surface area (Å²) >= 11 is -1.88. The van der Waals surface area contributed by atoms with Gasteiger partial charge in [-0.2, -0.15) is 12.1 Å². The molecule has 4 aromatic rings. The van der Waals surface area contributed by atoms with E-state index in [9.17, 15) is 0 Å². The van der Waals surface area contributed by atoms with Crippen LogP contribution >= 0.6 is 17.2 Å². The molecule has 0 saturated heterocycles. The van der Waals surface area contributed by atoms with Gasteiger partial charge in [0.05, 0.1) is 0 Å². The summed E-state index contributed by atoms with van der Waals surface area (Å²) in [4.78, 5) is 0. The fourth-order valence-corrected chi connectivity index (χ4v) is 3.47. The number of hydrogen-bond donors (Lipinski definition) is 0. The molecule has 0 aromatic heterocycles. The van der Waals surface area contributed by atoms with Crippen molar-refractivity contribution in [1.82, 2.24) is 0 Å². The quantitative estimate of drug-likeness (QED) is 0.142. The van der Waals surface area contributed by atoms with Gasteiger partial charge in [-0.05, 0) is 13.8 Å². The second-order valence-corrected chi connectivity index (χ2v) is 20.1. The molecule has 4 rings (SSSR count). The molecule has 0 atom stereocenters. The molecule has 0 aliphatic rings. The van der Waals surface area contributed by atoms with Crippen molar-refractivity contribution in [1.29, 1.82) is 0 Å². The Morgan fingerprint density at radius 1 is 0.655 bits per heavy atom. The average molecular weight is 592 g/mol. The van der Waals surface area contributed by atoms with E-state index in [2.05, 4.69) is 90.1 Å². The minimum atomic E-state index is -1.88. The summed E-state index contributed by atoms with van der Waals surface area (Å²) in [5.74, 6) is 0. The van der Waals surface area contributed by atoms with Crippen molar-refractivity contribution in [3.8, 4) is 0 Å². The predicted octanol–water partition coefficient (Wildman–Crippen LogP) is 8.70. The largest absolute Gasteiger partial charge is 0.165 e. The van der Waals surface area contributed by atoms with Gasteiger partial charge >= 0.3 is 46.4 Å². The summed E-state index contributed by atoms with van der Waals surface area (Å²) in [5.41, 5.74) is 8.24. The molecule has 3 heteroatoms. The molecule has 0 N–H and O–H groups in total. The van der Waals surface area contributed by atoms with Gasteiger partial charge in [0, 0.05) is 0 Å². The fourth-order valence-electron chi connectivity index (χ4n) is 3.47. The Morgan fingerprint density at radius 3 is 1.24 bits per heavy atom. The number of aryl methyl sites for hydroxylation is 6. The van der Waals surface area contributed by atoms with Crippen molar-refractivity contribution in [3.63, 3.8) is 0 Å². The van der Waals surface area contributed by atoms with Crippen LogP contribution in [0.5, 0.6) is 0 Å². The van der Waals surface area contributed by atoms with Crippen LogP contribution in [0.25, 0.3) is 21.5 Å². The van der Waals surface area contributed by atoms with E-state index in [-0.39, 0.29) is 0 Å². The van der Waals surface area contributed by atoms with Crippen LogP contribution in [0.15, 0.2) is 48.5 Å². The van der Waals surface area contributed by atoms with Gasteiger partial charge in [-0.3, -0.25) is 0 Å². The Bertz CT molecular complexity index is 977. The number of hydrogen-bond acceptors (Lipinski definition) is 0. The maximum atomic E-state index is 5.39. The van der Waals surface area contributed by atoms with Gasteiger partial charge in [-0.1, -0.05) is 51.0 Å². The first-order chi connectivity index (χ1) is 13.6. The summed E-state index contributed by atoms with van der Waals surface area (Å²) < 4.78 is 1.91. The van der Waals surface area contributed by atoms with Crippen molar-refractivity contribution in [3.05, 3.63) is 81.9 Å². The summed E-state index contributed by atoms with van der Waals surface area (Å²) in [5, 5.41) is 5.64. The third kappa shape index (κ3) is 6.48. The maximum absolute atomic E-state index is 5.39. The van der Waals surface area contributed by atoms with Crippen molar-refractivity contribution >= 4 is 42.5 Å². The molecule has 0 heterocycles. The summed E-state index contributed by atoms with van der Waals surface area (Å²) in [6, 6.07) is 17.8. The minimum absolute atomic E-state index is 1.36. The smallest absolute Gasteiger partial charge is 0.0488 e. The van der Waals surface area contributed by atoms with Crippen LogP contribution in [0.3, 0.4) is 0 Å². The van der Waals surface area contributed by atoms with E-state index >= 15 is 0 Å². The molecule has 0 spiro atoms. The number of halogens is 2. The summed E-state index contributed by atoms with van der Waals surface area (Å²) in [6.07, 6.45) is 0. The Kier molecular flexibility index (Phi) is 9.07. The van der Waals surface area contributed by atoms with E-state index in [4.69, 9.17) is 17.2 Å². The SMILES string of the molecule is C[CH]=[Hf]([Cl])[Cl].Cc1cc2c(C)ccc(C)c2[cH-]1.Cc1cc2c(C)ccc(C)c2[cH-]1. The van der Waals surface area contributed by atoms with Crippen LogP contribution in [0.1, 0.15) is 40.3 Å². The average Bonchev–Trinajstić information content (AvgIpc) is 3.27. The van der Waals surface area contributed by atoms with E-state index < -0.39 is 18.6 Å². The predicted molar refractivity (Wildman–Crippen MR) is 131 cm³/mol. The Morgan fingerprint density at radius 2 is 0.966 bits per heavy atom. The van der Waals surface area contributed by atoms with E-state index in [0.717, 1.165) is 0 Å². The second-order valence-electron chi connectivity index (χ2n) is 7.70. The van der Waals surface area contributed by atoms with E-state index in [1.54, 1.807) is 0 Å². The molecule has 0 radical (unpaired) electrons. The normalized spacial score (nSPS) is 10.2. The standard InChI is InChI=1S/2C12H13.C2H4.2ClH.Hf/c2*1-8-6-11-9(2)4-5-10(3)12(11)7-8;1-2;;;/h2*4-7H,1-3H3;1H,2H3;2*1H;/q2*-1;;;;+2/p-2. The summed E-state index contributed by atoms with van der Waals surface area (Å²) in [6.45, 7) is 14.9. The zero-order valence-electron chi connectivity index (χ0n) is 18.5. The first-order valence-corrected chi connectivity index (χ1v) is 20.9. The van der Waals surface area contributed by atoms with Gasteiger partial charge in [0.15, 0.2) is 0 Å². The maximum Gasteiger partial charge on any atom is -0.0488 e. The third-order valence-electron chi connectivity index (χ3n) is 5.15. The van der Waals surface area contributed by atoms with Crippen molar-refractivity contribution < 1.29 is 18.6 Å². The first-order valence-electron chi connectivity index (χ1n) is 9.87. The minimum Gasteiger partial charge on any atom is -0.165 e. The monoisotopic (exact) mass is 592 g/mol. The zero-order chi connectivity index (χ0) is 21.7. The molecule has 0 unspecified atom stereocenters. The van der Waals surface area contributed by atoms with E-state index in [1.165, 1.54) is 54.9 Å². The van der Waals surface area contributed by atoms with Gasteiger partial charge in [-0.25, -0.2) is 0 Å². The van der Waals surface area contributed by atoms with Crippen molar-refractivity contribution in [2.24, 2.45) is 0 Å².